The summed E-state index contributed by atoms with van der Waals surface area (Å²) in [6.45, 7) is 26.9. The van der Waals surface area contributed by atoms with E-state index in [-0.39, 0.29) is 45.3 Å². The predicted molar refractivity (Wildman–Crippen MR) is 373 cm³/mol. The zero-order valence-electron chi connectivity index (χ0n) is 59.8. The Labute approximate surface area is 514 Å². The van der Waals surface area contributed by atoms with Crippen molar-refractivity contribution in [1.29, 1.82) is 0 Å². The molecule has 0 amide bonds. The molecule has 84 heavy (non-hydrogen) atoms. The molecule has 0 saturated carbocycles. The first-order valence-corrected chi connectivity index (χ1v) is 42.7. The largest absolute Gasteiger partial charge is 0.307 e. The minimum Gasteiger partial charge on any atom is -0.307 e. The van der Waals surface area contributed by atoms with Crippen LogP contribution in [0.1, 0.15) is 13.7 Å². The van der Waals surface area contributed by atoms with Gasteiger partial charge in [0.25, 0.3) is 0 Å². The normalized spacial score (nSPS) is 14.1. The lowest BCUT2D eigenvalue weighted by atomic mass is 9.90. The van der Waals surface area contributed by atoms with Crippen LogP contribution in [0.15, 0.2) is 230 Å². The SMILES string of the molecule is [2H]c1c([2H])c([2H])c(N(c2c(-c3ccc([Si](C)(C)C)cc3)ccc(-c3ccc([Si](C)(C)C)cc3)c2F)c2ccc3ccc4c(N(c5c([2H])c([2H])c([2H])c([2H])c5[2H])c5c(-c6ccc([Si](C)(C)C)cc6)ccc(-c6ccc([Si](C)(C)C)cc6)c5F)ccc5ccc2c3c54)c([2H])c1[2H]. The summed E-state index contributed by atoms with van der Waals surface area (Å²) >= 11 is 0. The number of para-hydroxylation sites is 2. The van der Waals surface area contributed by atoms with E-state index in [0.717, 1.165) is 0 Å². The van der Waals surface area contributed by atoms with Crippen LogP contribution in [0.3, 0.4) is 0 Å². The molecule has 12 aromatic carbocycles. The number of hydrogen-bond donors (Lipinski definition) is 0. The molecule has 0 unspecified atom stereocenters. The summed E-state index contributed by atoms with van der Waals surface area (Å²) in [5.74, 6) is -1.38. The lowest BCUT2D eigenvalue weighted by molar-refractivity contribution is 0.632. The van der Waals surface area contributed by atoms with Gasteiger partial charge in [-0.05, 0) is 80.1 Å². The highest BCUT2D eigenvalue weighted by molar-refractivity contribution is 6.90. The van der Waals surface area contributed by atoms with E-state index in [4.69, 9.17) is 2.74 Å². The molecule has 0 aliphatic carbocycles. The second-order valence-corrected chi connectivity index (χ2v) is 46.5. The Bertz CT molecular complexity index is 4650. The minimum atomic E-state index is -1.85. The van der Waals surface area contributed by atoms with Gasteiger partial charge in [-0.1, -0.05) is 293 Å². The fourth-order valence-electron chi connectivity index (χ4n) is 11.7. The van der Waals surface area contributed by atoms with Gasteiger partial charge in [0.05, 0.1) is 68.8 Å². The predicted octanol–water partition coefficient (Wildman–Crippen LogP) is 20.7. The molecule has 0 atom stereocenters. The summed E-state index contributed by atoms with van der Waals surface area (Å²) in [6.07, 6.45) is 0. The van der Waals surface area contributed by atoms with E-state index < -0.39 is 104 Å². The third-order valence-corrected chi connectivity index (χ3v) is 24.7. The molecule has 2 nitrogen and oxygen atoms in total. The molecule has 8 heteroatoms. The van der Waals surface area contributed by atoms with Crippen molar-refractivity contribution in [2.75, 3.05) is 9.80 Å². The number of halogens is 2. The summed E-state index contributed by atoms with van der Waals surface area (Å²) in [5.41, 5.74) is 3.60. The number of rotatable bonds is 14. The molecule has 0 fully saturated rings. The standard InChI is InChI=1S/C76H74F2N2Si4/c1-81(2,3)59-35-23-51(24-36-59)63-45-47-65(53-27-39-61(40-28-53)83(7,8)9)75(73(63)77)79(57-19-15-13-16-20-57)69-49-33-55-32-44-68-70(50-34-56-31-43-67(69)71(55)72(56)68)80(58-21-17-14-18-22-58)76-66(54-29-41-62(42-30-54)84(10,11)12)48-46-64(74(76)78)52-25-37-60(38-26-52)82(4,5)6/h13-50H,1-12H3/i13D,14D,15D,16D,17D,18D,19D,20D,21D,22D. The maximum Gasteiger partial charge on any atom is 0.155 e. The van der Waals surface area contributed by atoms with Crippen molar-refractivity contribution in [3.8, 4) is 44.5 Å². The highest BCUT2D eigenvalue weighted by Crippen LogP contribution is 2.52. The molecule has 418 valence electrons. The van der Waals surface area contributed by atoms with Crippen molar-refractivity contribution in [1.82, 2.24) is 0 Å². The smallest absolute Gasteiger partial charge is 0.155 e. The molecule has 12 rings (SSSR count). The molecule has 0 radical (unpaired) electrons. The van der Waals surface area contributed by atoms with E-state index in [1.54, 1.807) is 24.3 Å². The zero-order valence-corrected chi connectivity index (χ0v) is 53.8. The third-order valence-electron chi connectivity index (χ3n) is 16.4. The molecule has 0 aliphatic heterocycles. The van der Waals surface area contributed by atoms with Gasteiger partial charge in [-0.25, -0.2) is 8.78 Å². The minimum absolute atomic E-state index is 0.0509. The van der Waals surface area contributed by atoms with Gasteiger partial charge < -0.3 is 9.80 Å². The maximum atomic E-state index is 19.2. The first-order valence-electron chi connectivity index (χ1n) is 33.7. The van der Waals surface area contributed by atoms with Gasteiger partial charge in [0.15, 0.2) is 11.6 Å². The Balaban J connectivity index is 1.20. The third kappa shape index (κ3) is 10.5. The van der Waals surface area contributed by atoms with Gasteiger partial charge in [-0.15, -0.1) is 0 Å². The highest BCUT2D eigenvalue weighted by atomic mass is 28.3. The van der Waals surface area contributed by atoms with Crippen molar-refractivity contribution in [2.24, 2.45) is 0 Å². The molecular weight excluding hydrogens is 1090 g/mol. The second-order valence-electron chi connectivity index (χ2n) is 26.2. The molecule has 0 spiro atoms. The fourth-order valence-corrected chi connectivity index (χ4v) is 16.3. The summed E-state index contributed by atoms with van der Waals surface area (Å²) in [6, 6.07) is 48.0. The van der Waals surface area contributed by atoms with E-state index >= 15 is 8.78 Å². The van der Waals surface area contributed by atoms with Crippen molar-refractivity contribution in [3.05, 3.63) is 242 Å². The number of hydrogen-bond acceptors (Lipinski definition) is 2. The van der Waals surface area contributed by atoms with Gasteiger partial charge in [0.1, 0.15) is 0 Å². The van der Waals surface area contributed by atoms with Crippen LogP contribution in [0.4, 0.5) is 42.9 Å². The van der Waals surface area contributed by atoms with Crippen LogP contribution < -0.4 is 30.5 Å². The highest BCUT2D eigenvalue weighted by Gasteiger charge is 2.31. The Morgan fingerprint density at radius 1 is 0.298 bits per heavy atom. The first-order chi connectivity index (χ1) is 44.2. The van der Waals surface area contributed by atoms with Crippen molar-refractivity contribution < 1.29 is 22.5 Å². The van der Waals surface area contributed by atoms with Crippen LogP contribution >= 0.6 is 0 Å². The van der Waals surface area contributed by atoms with Crippen LogP contribution in [0.2, 0.25) is 78.6 Å². The van der Waals surface area contributed by atoms with Crippen LogP contribution in [-0.2, 0) is 0 Å². The van der Waals surface area contributed by atoms with E-state index in [9.17, 15) is 11.0 Å². The van der Waals surface area contributed by atoms with E-state index in [0.29, 0.717) is 65.7 Å². The van der Waals surface area contributed by atoms with Crippen molar-refractivity contribution >= 4 is 119 Å². The van der Waals surface area contributed by atoms with E-state index in [1.165, 1.54) is 30.5 Å². The molecule has 12 aromatic rings. The molecular formula is C76H74F2N2Si4. The topological polar surface area (TPSA) is 6.48 Å². The zero-order chi connectivity index (χ0) is 67.7. The van der Waals surface area contributed by atoms with Crippen LogP contribution in [0, 0.1) is 11.6 Å². The van der Waals surface area contributed by atoms with E-state index in [2.05, 4.69) is 103 Å². The molecule has 0 aliphatic rings. The van der Waals surface area contributed by atoms with E-state index in [1.807, 2.05) is 121 Å². The quantitative estimate of drug-likeness (QED) is 0.0791. The van der Waals surface area contributed by atoms with Gasteiger partial charge in [-0.2, -0.15) is 0 Å². The summed E-state index contributed by atoms with van der Waals surface area (Å²) < 4.78 is 132. The Morgan fingerprint density at radius 3 is 0.845 bits per heavy atom. The fraction of sp³-hybridized carbons (Fsp3) is 0.158. The second kappa shape index (κ2) is 21.6. The average molecular weight is 1180 g/mol. The number of benzene rings is 12. The monoisotopic (exact) mass is 1170 g/mol. The van der Waals surface area contributed by atoms with Crippen LogP contribution in [0.25, 0.3) is 76.8 Å². The van der Waals surface area contributed by atoms with Crippen molar-refractivity contribution in [2.45, 2.75) is 78.6 Å². The lowest BCUT2D eigenvalue weighted by Crippen LogP contribution is -2.37. The van der Waals surface area contributed by atoms with Gasteiger partial charge >= 0.3 is 0 Å². The lowest BCUT2D eigenvalue weighted by Gasteiger charge is -2.32. The number of nitrogens with zero attached hydrogens (tertiary/aromatic N) is 2. The van der Waals surface area contributed by atoms with Crippen LogP contribution in [0.5, 0.6) is 0 Å². The summed E-state index contributed by atoms with van der Waals surface area (Å²) in [4.78, 5) is 2.97. The van der Waals surface area contributed by atoms with Gasteiger partial charge in [0, 0.05) is 44.4 Å². The van der Waals surface area contributed by atoms with Crippen molar-refractivity contribution in [3.63, 3.8) is 0 Å². The first kappa shape index (κ1) is 45.4. The molecule has 0 heterocycles. The molecule has 0 aromatic heterocycles. The molecule has 0 bridgehead atoms. The Morgan fingerprint density at radius 2 is 0.560 bits per heavy atom. The molecule has 0 N–H and O–H groups in total. The molecule has 0 saturated heterocycles. The maximum absolute atomic E-state index is 19.2. The summed E-state index contributed by atoms with van der Waals surface area (Å²) in [5, 5.41) is 8.35. The Hall–Kier alpha value is -7.99. The van der Waals surface area contributed by atoms with Crippen LogP contribution in [-0.4, -0.2) is 32.3 Å². The van der Waals surface area contributed by atoms with Gasteiger partial charge in [0.2, 0.25) is 0 Å². The summed E-state index contributed by atoms with van der Waals surface area (Å²) in [7, 11) is -7.28. The number of anilines is 6. The van der Waals surface area contributed by atoms with Gasteiger partial charge in [-0.3, -0.25) is 0 Å². The Kier molecular flexibility index (Phi) is 11.7. The average Bonchev–Trinajstić information content (AvgIpc) is 0.710.